The highest BCUT2D eigenvalue weighted by atomic mass is 127. The van der Waals surface area contributed by atoms with E-state index in [-0.39, 0.29) is 0 Å². The summed E-state index contributed by atoms with van der Waals surface area (Å²) in [5.41, 5.74) is 1.54. The van der Waals surface area contributed by atoms with Crippen molar-refractivity contribution >= 4 is 33.9 Å². The summed E-state index contributed by atoms with van der Waals surface area (Å²) in [6.07, 6.45) is 7.51. The molecule has 0 radical (unpaired) electrons. The first kappa shape index (κ1) is 13.3. The molecule has 0 spiro atoms. The van der Waals surface area contributed by atoms with E-state index in [0.29, 0.717) is 24.6 Å². The van der Waals surface area contributed by atoms with Crippen LogP contribution in [0.4, 0.5) is 0 Å². The van der Waals surface area contributed by atoms with Gasteiger partial charge in [-0.25, -0.2) is 0 Å². The molecule has 2 aliphatic rings. The van der Waals surface area contributed by atoms with Crippen LogP contribution in [0.3, 0.4) is 0 Å². The lowest BCUT2D eigenvalue weighted by Gasteiger charge is -2.29. The van der Waals surface area contributed by atoms with Crippen LogP contribution in [0.2, 0.25) is 0 Å². The SMILES string of the molecule is OCC1CCCC1NC1CCCc2sc(I)cc21. The van der Waals surface area contributed by atoms with E-state index in [1.165, 1.54) is 41.4 Å². The average molecular weight is 377 g/mol. The van der Waals surface area contributed by atoms with Gasteiger partial charge in [0.1, 0.15) is 0 Å². The van der Waals surface area contributed by atoms with Gasteiger partial charge < -0.3 is 10.4 Å². The first-order chi connectivity index (χ1) is 8.78. The van der Waals surface area contributed by atoms with Crippen LogP contribution in [0.15, 0.2) is 6.07 Å². The van der Waals surface area contributed by atoms with Gasteiger partial charge >= 0.3 is 0 Å². The molecular formula is C14H20INOS. The molecule has 0 aromatic carbocycles. The third-order valence-corrected chi connectivity index (χ3v) is 6.36. The molecule has 0 amide bonds. The first-order valence-corrected chi connectivity index (χ1v) is 8.82. The molecule has 3 rings (SSSR count). The molecule has 3 atom stereocenters. The van der Waals surface area contributed by atoms with E-state index in [4.69, 9.17) is 0 Å². The molecule has 1 saturated carbocycles. The number of aliphatic hydroxyl groups is 1. The van der Waals surface area contributed by atoms with Gasteiger partial charge in [-0.15, -0.1) is 11.3 Å². The second kappa shape index (κ2) is 5.77. The molecule has 1 heterocycles. The van der Waals surface area contributed by atoms with Gasteiger partial charge in [-0.2, -0.15) is 0 Å². The fourth-order valence-electron chi connectivity index (χ4n) is 3.43. The maximum atomic E-state index is 9.43. The number of hydrogen-bond donors (Lipinski definition) is 2. The molecule has 3 unspecified atom stereocenters. The zero-order valence-electron chi connectivity index (χ0n) is 10.5. The number of aliphatic hydroxyl groups excluding tert-OH is 1. The highest BCUT2D eigenvalue weighted by Gasteiger charge is 2.31. The Labute approximate surface area is 126 Å². The van der Waals surface area contributed by atoms with E-state index in [0.717, 1.165) is 0 Å². The van der Waals surface area contributed by atoms with Crippen molar-refractivity contribution in [3.8, 4) is 0 Å². The number of aryl methyl sites for hydroxylation is 1. The van der Waals surface area contributed by atoms with E-state index >= 15 is 0 Å². The van der Waals surface area contributed by atoms with Crippen molar-refractivity contribution in [2.75, 3.05) is 6.61 Å². The van der Waals surface area contributed by atoms with Crippen molar-refractivity contribution in [3.05, 3.63) is 19.4 Å². The Kier molecular flexibility index (Phi) is 4.28. The monoisotopic (exact) mass is 377 g/mol. The normalized spacial score (nSPS) is 31.6. The predicted molar refractivity (Wildman–Crippen MR) is 84.1 cm³/mol. The van der Waals surface area contributed by atoms with Crippen molar-refractivity contribution in [1.29, 1.82) is 0 Å². The summed E-state index contributed by atoms with van der Waals surface area (Å²) >= 11 is 4.39. The molecule has 2 nitrogen and oxygen atoms in total. The van der Waals surface area contributed by atoms with E-state index in [2.05, 4.69) is 34.0 Å². The predicted octanol–water partition coefficient (Wildman–Crippen LogP) is 3.48. The molecule has 4 heteroatoms. The molecule has 2 N–H and O–H groups in total. The van der Waals surface area contributed by atoms with E-state index in [1.54, 1.807) is 10.4 Å². The number of halogens is 1. The van der Waals surface area contributed by atoms with Gasteiger partial charge in [0.05, 0.1) is 2.88 Å². The van der Waals surface area contributed by atoms with Crippen molar-refractivity contribution in [2.24, 2.45) is 5.92 Å². The lowest BCUT2D eigenvalue weighted by atomic mass is 9.92. The molecule has 0 bridgehead atoms. The van der Waals surface area contributed by atoms with Gasteiger partial charge in [0.15, 0.2) is 0 Å². The smallest absolute Gasteiger partial charge is 0.0659 e. The Morgan fingerprint density at radius 2 is 2.22 bits per heavy atom. The van der Waals surface area contributed by atoms with Gasteiger partial charge in [0, 0.05) is 23.6 Å². The van der Waals surface area contributed by atoms with Crippen molar-refractivity contribution in [1.82, 2.24) is 5.32 Å². The first-order valence-electron chi connectivity index (χ1n) is 6.93. The zero-order chi connectivity index (χ0) is 12.5. The van der Waals surface area contributed by atoms with Gasteiger partial charge in [-0.1, -0.05) is 6.42 Å². The molecule has 1 fully saturated rings. The van der Waals surface area contributed by atoms with Crippen LogP contribution in [-0.4, -0.2) is 17.8 Å². The number of rotatable bonds is 3. The molecule has 1 aromatic rings. The molecule has 18 heavy (non-hydrogen) atoms. The molecule has 100 valence electrons. The Hall–Kier alpha value is 0.350. The zero-order valence-corrected chi connectivity index (χ0v) is 13.5. The van der Waals surface area contributed by atoms with Gasteiger partial charge in [0.25, 0.3) is 0 Å². The van der Waals surface area contributed by atoms with Gasteiger partial charge in [0.2, 0.25) is 0 Å². The molecule has 0 aliphatic heterocycles. The largest absolute Gasteiger partial charge is 0.396 e. The van der Waals surface area contributed by atoms with Crippen molar-refractivity contribution in [3.63, 3.8) is 0 Å². The van der Waals surface area contributed by atoms with Gasteiger partial charge in [-0.05, 0) is 72.2 Å². The summed E-state index contributed by atoms with van der Waals surface area (Å²) in [7, 11) is 0. The fourth-order valence-corrected chi connectivity index (χ4v) is 5.55. The lowest BCUT2D eigenvalue weighted by Crippen LogP contribution is -2.37. The van der Waals surface area contributed by atoms with Crippen LogP contribution in [0.5, 0.6) is 0 Å². The van der Waals surface area contributed by atoms with E-state index < -0.39 is 0 Å². The third-order valence-electron chi connectivity index (χ3n) is 4.39. The molecular weight excluding hydrogens is 357 g/mol. The Morgan fingerprint density at radius 1 is 1.33 bits per heavy atom. The van der Waals surface area contributed by atoms with Crippen LogP contribution < -0.4 is 5.32 Å². The van der Waals surface area contributed by atoms with Crippen molar-refractivity contribution in [2.45, 2.75) is 50.6 Å². The van der Waals surface area contributed by atoms with Crippen LogP contribution >= 0.6 is 33.9 Å². The molecule has 2 aliphatic carbocycles. The summed E-state index contributed by atoms with van der Waals surface area (Å²) in [6.45, 7) is 0.346. The van der Waals surface area contributed by atoms with Crippen molar-refractivity contribution < 1.29 is 5.11 Å². The standard InChI is InChI=1S/C14H20INOS/c15-14-7-10-12(5-2-6-13(10)18-14)16-11-4-1-3-9(11)8-17/h7,9,11-12,16-17H,1-6,8H2. The molecule has 0 saturated heterocycles. The van der Waals surface area contributed by atoms with Crippen LogP contribution in [0.1, 0.15) is 48.6 Å². The van der Waals surface area contributed by atoms with Crippen LogP contribution in [0, 0.1) is 8.80 Å². The lowest BCUT2D eigenvalue weighted by molar-refractivity contribution is 0.197. The van der Waals surface area contributed by atoms with Crippen LogP contribution in [-0.2, 0) is 6.42 Å². The summed E-state index contributed by atoms with van der Waals surface area (Å²) in [5.74, 6) is 0.480. The Balaban J connectivity index is 1.74. The summed E-state index contributed by atoms with van der Waals surface area (Å²) in [5, 5.41) is 13.3. The summed E-state index contributed by atoms with van der Waals surface area (Å²) < 4.78 is 1.41. The maximum absolute atomic E-state index is 9.43. The number of hydrogen-bond acceptors (Lipinski definition) is 3. The minimum absolute atomic E-state index is 0.346. The van der Waals surface area contributed by atoms with E-state index in [9.17, 15) is 5.11 Å². The van der Waals surface area contributed by atoms with Gasteiger partial charge in [-0.3, -0.25) is 0 Å². The highest BCUT2D eigenvalue weighted by Crippen LogP contribution is 2.38. The maximum Gasteiger partial charge on any atom is 0.0659 e. The second-order valence-corrected chi connectivity index (χ2v) is 8.55. The quantitative estimate of drug-likeness (QED) is 0.791. The number of nitrogens with one attached hydrogen (secondary N) is 1. The Morgan fingerprint density at radius 3 is 3.06 bits per heavy atom. The third kappa shape index (κ3) is 2.62. The summed E-state index contributed by atoms with van der Waals surface area (Å²) in [4.78, 5) is 1.58. The van der Waals surface area contributed by atoms with E-state index in [1.807, 2.05) is 11.3 Å². The average Bonchev–Trinajstić information content (AvgIpc) is 2.94. The number of thiophene rings is 1. The van der Waals surface area contributed by atoms with Crippen LogP contribution in [0.25, 0.3) is 0 Å². The second-order valence-electron chi connectivity index (χ2n) is 5.52. The topological polar surface area (TPSA) is 32.3 Å². The minimum atomic E-state index is 0.346. The molecule has 1 aromatic heterocycles. The highest BCUT2D eigenvalue weighted by molar-refractivity contribution is 14.1. The number of fused-ring (bicyclic) bond motifs is 1. The summed E-state index contributed by atoms with van der Waals surface area (Å²) in [6, 6.07) is 3.43. The minimum Gasteiger partial charge on any atom is -0.396 e. The fraction of sp³-hybridized carbons (Fsp3) is 0.714. The Bertz CT molecular complexity index is 420.